The van der Waals surface area contributed by atoms with E-state index in [4.69, 9.17) is 14.2 Å². The summed E-state index contributed by atoms with van der Waals surface area (Å²) in [6.45, 7) is 13.5. The molecule has 3 fully saturated rings. The van der Waals surface area contributed by atoms with Crippen LogP contribution < -0.4 is 0 Å². The Kier molecular flexibility index (Phi) is 5.20. The average Bonchev–Trinajstić information content (AvgIpc) is 3.44. The number of fused-ring (bicyclic) bond motifs is 4. The van der Waals surface area contributed by atoms with Crippen LogP contribution >= 0.6 is 0 Å². The molecule has 31 heavy (non-hydrogen) atoms. The van der Waals surface area contributed by atoms with Gasteiger partial charge in [-0.25, -0.2) is 0 Å². The Bertz CT molecular complexity index is 843. The first-order valence-electron chi connectivity index (χ1n) is 11.7. The first-order chi connectivity index (χ1) is 14.4. The molecule has 0 radical (unpaired) electrons. The third-order valence-electron chi connectivity index (χ3n) is 8.49. The highest BCUT2D eigenvalue weighted by atomic mass is 16.6. The van der Waals surface area contributed by atoms with Crippen molar-refractivity contribution in [2.45, 2.75) is 97.6 Å². The van der Waals surface area contributed by atoms with Crippen molar-refractivity contribution < 1.29 is 28.6 Å². The Morgan fingerprint density at radius 3 is 2.55 bits per heavy atom. The van der Waals surface area contributed by atoms with E-state index >= 15 is 0 Å². The van der Waals surface area contributed by atoms with E-state index in [9.17, 15) is 14.4 Å². The van der Waals surface area contributed by atoms with Crippen LogP contribution in [0.3, 0.4) is 0 Å². The van der Waals surface area contributed by atoms with E-state index in [1.807, 2.05) is 13.8 Å². The average molecular weight is 433 g/mol. The molecule has 1 aliphatic heterocycles. The maximum atomic E-state index is 14.0. The summed E-state index contributed by atoms with van der Waals surface area (Å²) in [4.78, 5) is 38.5. The van der Waals surface area contributed by atoms with Gasteiger partial charge in [-0.05, 0) is 55.4 Å². The summed E-state index contributed by atoms with van der Waals surface area (Å²) in [5.74, 6) is -0.778. The van der Waals surface area contributed by atoms with E-state index in [2.05, 4.69) is 26.8 Å². The number of hydrogen-bond donors (Lipinski definition) is 0. The molecule has 0 aromatic rings. The maximum Gasteiger partial charge on any atom is 0.305 e. The smallest absolute Gasteiger partial charge is 0.305 e. The van der Waals surface area contributed by atoms with Crippen LogP contribution in [-0.2, 0) is 28.6 Å². The molecule has 172 valence electrons. The van der Waals surface area contributed by atoms with Crippen LogP contribution in [0.25, 0.3) is 0 Å². The lowest BCUT2D eigenvalue weighted by molar-refractivity contribution is -0.174. The predicted octanol–water partition coefficient (Wildman–Crippen LogP) is 4.01. The molecule has 1 heterocycles. The highest BCUT2D eigenvalue weighted by Crippen LogP contribution is 2.64. The van der Waals surface area contributed by atoms with Gasteiger partial charge in [0.2, 0.25) is 5.78 Å². The van der Waals surface area contributed by atoms with Crippen molar-refractivity contribution in [2.24, 2.45) is 29.1 Å². The summed E-state index contributed by atoms with van der Waals surface area (Å²) in [5.41, 5.74) is -0.992. The lowest BCUT2D eigenvalue weighted by Gasteiger charge is -2.35. The van der Waals surface area contributed by atoms with Gasteiger partial charge >= 0.3 is 11.9 Å². The van der Waals surface area contributed by atoms with E-state index in [1.165, 1.54) is 6.92 Å². The topological polar surface area (TPSA) is 82.2 Å². The number of esters is 2. The first kappa shape index (κ1) is 22.5. The fraction of sp³-hybridized carbons (Fsp3) is 0.800. The van der Waals surface area contributed by atoms with Crippen LogP contribution in [0.5, 0.6) is 0 Å². The Balaban J connectivity index is 1.82. The van der Waals surface area contributed by atoms with Gasteiger partial charge in [0.25, 0.3) is 0 Å². The van der Waals surface area contributed by atoms with Crippen molar-refractivity contribution in [3.05, 3.63) is 11.6 Å². The number of Topliss-reactive ketones (excluding diaryl/α,β-unsaturated/α-hetero) is 1. The van der Waals surface area contributed by atoms with Gasteiger partial charge in [-0.15, -0.1) is 0 Å². The SMILES string of the molecule is CCC(=O)OC1C(C)CC2(OC(C)=O)C(=O)C(C)=CC3C(CCC4(C)OC4C12)C3(C)C. The van der Waals surface area contributed by atoms with Crippen LogP contribution in [0.2, 0.25) is 0 Å². The molecular weight excluding hydrogens is 396 g/mol. The molecular formula is C25H36O6. The molecule has 0 aromatic heterocycles. The normalized spacial score (nSPS) is 45.3. The molecule has 0 spiro atoms. The number of hydrogen-bond acceptors (Lipinski definition) is 6. The van der Waals surface area contributed by atoms with Crippen molar-refractivity contribution in [1.82, 2.24) is 0 Å². The number of rotatable bonds is 3. The Morgan fingerprint density at radius 1 is 1.26 bits per heavy atom. The van der Waals surface area contributed by atoms with Crippen molar-refractivity contribution in [3.63, 3.8) is 0 Å². The van der Waals surface area contributed by atoms with E-state index in [0.29, 0.717) is 23.8 Å². The Labute approximate surface area is 185 Å². The van der Waals surface area contributed by atoms with Gasteiger partial charge in [0.15, 0.2) is 5.60 Å². The van der Waals surface area contributed by atoms with Crippen molar-refractivity contribution in [1.29, 1.82) is 0 Å². The third-order valence-corrected chi connectivity index (χ3v) is 8.49. The molecule has 0 N–H and O–H groups in total. The molecule has 8 atom stereocenters. The minimum atomic E-state index is -1.37. The van der Waals surface area contributed by atoms with Crippen molar-refractivity contribution >= 4 is 17.7 Å². The van der Waals surface area contributed by atoms with Gasteiger partial charge in [-0.2, -0.15) is 0 Å². The first-order valence-corrected chi connectivity index (χ1v) is 11.7. The number of ether oxygens (including phenoxy) is 3. The molecule has 1 saturated heterocycles. The molecule has 0 aromatic carbocycles. The second-order valence-corrected chi connectivity index (χ2v) is 11.0. The highest BCUT2D eigenvalue weighted by molar-refractivity contribution is 6.03. The number of epoxide rings is 1. The fourth-order valence-corrected chi connectivity index (χ4v) is 6.55. The highest BCUT2D eigenvalue weighted by Gasteiger charge is 2.72. The zero-order valence-electron chi connectivity index (χ0n) is 19.8. The van der Waals surface area contributed by atoms with Crippen molar-refractivity contribution in [2.75, 3.05) is 0 Å². The Morgan fingerprint density at radius 2 is 1.94 bits per heavy atom. The third kappa shape index (κ3) is 3.46. The summed E-state index contributed by atoms with van der Waals surface area (Å²) in [6, 6.07) is 0. The lowest BCUT2D eigenvalue weighted by atomic mass is 9.77. The zero-order valence-corrected chi connectivity index (χ0v) is 19.8. The molecule has 0 bridgehead atoms. The number of ketones is 1. The second kappa shape index (κ2) is 7.16. The standard InChI is InChI=1S/C25H36O6/c1-8-18(27)29-20-14(3)12-25(30-15(4)26)19(20)22-24(7,31-22)10-9-16-17(23(16,5)6)11-13(2)21(25)28/h11,14,16-17,19-20,22H,8-10,12H2,1-7H3. The largest absolute Gasteiger partial charge is 0.461 e. The van der Waals surface area contributed by atoms with Gasteiger partial charge in [-0.1, -0.05) is 33.8 Å². The summed E-state index contributed by atoms with van der Waals surface area (Å²) >= 11 is 0. The number of allylic oxidation sites excluding steroid dienone is 1. The van der Waals surface area contributed by atoms with Crippen molar-refractivity contribution in [3.8, 4) is 0 Å². The van der Waals surface area contributed by atoms with E-state index in [1.54, 1.807) is 6.92 Å². The summed E-state index contributed by atoms with van der Waals surface area (Å²) in [5, 5.41) is 0. The van der Waals surface area contributed by atoms with Crippen LogP contribution in [0.15, 0.2) is 11.6 Å². The summed E-state index contributed by atoms with van der Waals surface area (Å²) in [6.07, 6.45) is 3.75. The maximum absolute atomic E-state index is 14.0. The van der Waals surface area contributed by atoms with Crippen LogP contribution in [0, 0.1) is 29.1 Å². The summed E-state index contributed by atoms with van der Waals surface area (Å²) in [7, 11) is 0. The molecule has 8 unspecified atom stereocenters. The molecule has 6 nitrogen and oxygen atoms in total. The van der Waals surface area contributed by atoms with Gasteiger partial charge in [0.1, 0.15) is 6.10 Å². The molecule has 0 amide bonds. The predicted molar refractivity (Wildman–Crippen MR) is 114 cm³/mol. The molecule has 3 aliphatic carbocycles. The monoisotopic (exact) mass is 432 g/mol. The van der Waals surface area contributed by atoms with Gasteiger partial charge in [0.05, 0.1) is 17.6 Å². The lowest BCUT2D eigenvalue weighted by Crippen LogP contribution is -2.52. The van der Waals surface area contributed by atoms with Crippen LogP contribution in [0.4, 0.5) is 0 Å². The van der Waals surface area contributed by atoms with Gasteiger partial charge < -0.3 is 14.2 Å². The minimum Gasteiger partial charge on any atom is -0.461 e. The minimum absolute atomic E-state index is 0.127. The quantitative estimate of drug-likeness (QED) is 0.495. The Hall–Kier alpha value is -1.69. The molecule has 4 rings (SSSR count). The van der Waals surface area contributed by atoms with Crippen LogP contribution in [-0.4, -0.2) is 41.1 Å². The van der Waals surface area contributed by atoms with E-state index in [0.717, 1.165) is 12.8 Å². The fourth-order valence-electron chi connectivity index (χ4n) is 6.55. The van der Waals surface area contributed by atoms with Gasteiger partial charge in [-0.3, -0.25) is 14.4 Å². The zero-order chi connectivity index (χ0) is 22.9. The molecule has 4 aliphatic rings. The number of carbonyl (C=O) groups is 3. The molecule has 2 saturated carbocycles. The van der Waals surface area contributed by atoms with Gasteiger partial charge in [0, 0.05) is 19.8 Å². The molecule has 6 heteroatoms. The van der Waals surface area contributed by atoms with E-state index in [-0.39, 0.29) is 35.6 Å². The van der Waals surface area contributed by atoms with Crippen LogP contribution in [0.1, 0.15) is 74.1 Å². The van der Waals surface area contributed by atoms with E-state index < -0.39 is 29.2 Å². The second-order valence-electron chi connectivity index (χ2n) is 11.0. The summed E-state index contributed by atoms with van der Waals surface area (Å²) < 4.78 is 18.0. The number of carbonyl (C=O) groups excluding carboxylic acids is 3.